The van der Waals surface area contributed by atoms with Gasteiger partial charge in [0.25, 0.3) is 0 Å². The summed E-state index contributed by atoms with van der Waals surface area (Å²) in [6.07, 6.45) is 0. The molecule has 73 heavy (non-hydrogen) atoms. The first-order chi connectivity index (χ1) is 35.1. The first-order valence-electron chi connectivity index (χ1n) is 26.1. The molecule has 0 amide bonds. The van der Waals surface area contributed by atoms with E-state index in [0.29, 0.717) is 11.8 Å². The van der Waals surface area contributed by atoms with Gasteiger partial charge in [0.1, 0.15) is 11.2 Å². The average molecular weight is 951 g/mol. The molecule has 0 aliphatic carbocycles. The van der Waals surface area contributed by atoms with Crippen molar-refractivity contribution in [3.8, 4) is 22.3 Å². The summed E-state index contributed by atoms with van der Waals surface area (Å²) < 4.78 is 6.94. The van der Waals surface area contributed by atoms with Crippen LogP contribution in [0.4, 0.5) is 34.1 Å². The second-order valence-corrected chi connectivity index (χ2v) is 22.7. The second-order valence-electron chi connectivity index (χ2n) is 22.7. The van der Waals surface area contributed by atoms with E-state index >= 15 is 0 Å². The number of anilines is 6. The van der Waals surface area contributed by atoms with Crippen LogP contribution in [0, 0.1) is 0 Å². The summed E-state index contributed by atoms with van der Waals surface area (Å²) in [6.45, 7) is 23.0. The van der Waals surface area contributed by atoms with E-state index in [-0.39, 0.29) is 10.8 Å². The van der Waals surface area contributed by atoms with E-state index in [1.807, 2.05) is 0 Å². The summed E-state index contributed by atoms with van der Waals surface area (Å²) in [5.74, 6) is 0.582. The third-order valence-corrected chi connectivity index (χ3v) is 14.8. The molecule has 0 aliphatic rings. The molecule has 0 atom stereocenters. The molecule has 0 unspecified atom stereocenters. The minimum Gasteiger partial charge on any atom is -0.456 e. The van der Waals surface area contributed by atoms with Crippen molar-refractivity contribution in [3.05, 3.63) is 229 Å². The molecule has 1 heterocycles. The molecule has 362 valence electrons. The fraction of sp³-hybridized carbons (Fsp3) is 0.200. The Balaban J connectivity index is 1.07. The topological polar surface area (TPSA) is 19.6 Å². The van der Waals surface area contributed by atoms with Gasteiger partial charge in [-0.1, -0.05) is 203 Å². The third kappa shape index (κ3) is 8.97. The van der Waals surface area contributed by atoms with Gasteiger partial charge in [-0.3, -0.25) is 0 Å². The Bertz CT molecular complexity index is 3580. The van der Waals surface area contributed by atoms with Crippen molar-refractivity contribution in [1.29, 1.82) is 0 Å². The molecule has 0 bridgehead atoms. The van der Waals surface area contributed by atoms with E-state index < -0.39 is 0 Å². The molecule has 0 radical (unpaired) electrons. The molecule has 0 fully saturated rings. The normalized spacial score (nSPS) is 12.2. The van der Waals surface area contributed by atoms with Crippen molar-refractivity contribution >= 4 is 77.6 Å². The van der Waals surface area contributed by atoms with Crippen LogP contribution in [0.2, 0.25) is 0 Å². The van der Waals surface area contributed by atoms with E-state index in [2.05, 4.69) is 285 Å². The molecule has 0 spiro atoms. The van der Waals surface area contributed by atoms with Crippen LogP contribution in [0.25, 0.3) is 65.7 Å². The predicted octanol–water partition coefficient (Wildman–Crippen LogP) is 21.0. The summed E-state index contributed by atoms with van der Waals surface area (Å²) in [6, 6.07) is 76.5. The zero-order chi connectivity index (χ0) is 50.8. The maximum absolute atomic E-state index is 6.94. The molecule has 3 nitrogen and oxygen atoms in total. The van der Waals surface area contributed by atoms with Crippen molar-refractivity contribution in [2.75, 3.05) is 9.80 Å². The van der Waals surface area contributed by atoms with Crippen LogP contribution in [0.1, 0.15) is 103 Å². The van der Waals surface area contributed by atoms with Crippen LogP contribution in [-0.2, 0) is 10.8 Å². The van der Waals surface area contributed by atoms with Crippen molar-refractivity contribution in [2.24, 2.45) is 0 Å². The largest absolute Gasteiger partial charge is 0.456 e. The first kappa shape index (κ1) is 47.4. The smallest absolute Gasteiger partial charge is 0.136 e. The second kappa shape index (κ2) is 18.6. The van der Waals surface area contributed by atoms with Gasteiger partial charge in [0.15, 0.2) is 0 Å². The Morgan fingerprint density at radius 1 is 0.342 bits per heavy atom. The Kier molecular flexibility index (Phi) is 12.1. The number of nitrogens with zero attached hydrogens (tertiary/aromatic N) is 2. The first-order valence-corrected chi connectivity index (χ1v) is 26.1. The summed E-state index contributed by atoms with van der Waals surface area (Å²) in [5.41, 5.74) is 18.6. The van der Waals surface area contributed by atoms with E-state index in [0.717, 1.165) is 55.5 Å². The van der Waals surface area contributed by atoms with E-state index in [1.165, 1.54) is 66.7 Å². The number of rotatable bonds is 10. The molecular formula is C70H66N2O. The van der Waals surface area contributed by atoms with E-state index in [4.69, 9.17) is 4.42 Å². The molecule has 0 N–H and O–H groups in total. The predicted molar refractivity (Wildman–Crippen MR) is 315 cm³/mol. The highest BCUT2D eigenvalue weighted by Gasteiger charge is 2.27. The highest BCUT2D eigenvalue weighted by molar-refractivity contribution is 6.14. The highest BCUT2D eigenvalue weighted by atomic mass is 16.3. The van der Waals surface area contributed by atoms with Crippen LogP contribution in [0.3, 0.4) is 0 Å². The van der Waals surface area contributed by atoms with Gasteiger partial charge in [0.2, 0.25) is 0 Å². The number of hydrogen-bond acceptors (Lipinski definition) is 3. The molecule has 11 rings (SSSR count). The Morgan fingerprint density at radius 2 is 0.726 bits per heavy atom. The van der Waals surface area contributed by atoms with E-state index in [9.17, 15) is 0 Å². The zero-order valence-electron chi connectivity index (χ0n) is 44.1. The zero-order valence-corrected chi connectivity index (χ0v) is 44.1. The SMILES string of the molecule is CC(C)c1cccc(-c2ccccc2)c1N(c1cccc(C(C)(C)C)c1)c1ccc2cc3c(cc2c1)oc1cc2cc(N(c4cccc(C(C)(C)C)c4)c4c(-c5ccccc5)cccc4C(C)C)ccc2cc13. The van der Waals surface area contributed by atoms with Gasteiger partial charge < -0.3 is 14.2 Å². The molecule has 0 saturated carbocycles. The molecule has 11 aromatic rings. The maximum atomic E-state index is 6.94. The summed E-state index contributed by atoms with van der Waals surface area (Å²) in [7, 11) is 0. The van der Waals surface area contributed by atoms with Gasteiger partial charge in [-0.05, 0) is 150 Å². The molecule has 0 saturated heterocycles. The lowest BCUT2D eigenvalue weighted by Crippen LogP contribution is -2.16. The molecule has 1 aromatic heterocycles. The average Bonchev–Trinajstić information content (AvgIpc) is 3.73. The van der Waals surface area contributed by atoms with Gasteiger partial charge in [0.05, 0.1) is 11.4 Å². The number of fused-ring (bicyclic) bond motifs is 5. The van der Waals surface area contributed by atoms with Gasteiger partial charge in [-0.25, -0.2) is 0 Å². The summed E-state index contributed by atoms with van der Waals surface area (Å²) >= 11 is 0. The van der Waals surface area contributed by atoms with Gasteiger partial charge >= 0.3 is 0 Å². The summed E-state index contributed by atoms with van der Waals surface area (Å²) in [5, 5.41) is 6.83. The quantitative estimate of drug-likeness (QED) is 0.136. The monoisotopic (exact) mass is 951 g/mol. The van der Waals surface area contributed by atoms with Crippen molar-refractivity contribution in [2.45, 2.75) is 91.9 Å². The Morgan fingerprint density at radius 3 is 1.11 bits per heavy atom. The molecular weight excluding hydrogens is 885 g/mol. The van der Waals surface area contributed by atoms with Crippen LogP contribution in [-0.4, -0.2) is 0 Å². The highest BCUT2D eigenvalue weighted by Crippen LogP contribution is 2.49. The minimum absolute atomic E-state index is 0.0212. The van der Waals surface area contributed by atoms with Crippen LogP contribution < -0.4 is 9.80 Å². The van der Waals surface area contributed by atoms with Gasteiger partial charge in [0, 0.05) is 44.6 Å². The number of para-hydroxylation sites is 2. The standard InChI is InChI=1S/C70H66N2O/c1-45(2)59-29-19-31-61(47-21-13-11-14-22-47)67(59)71(55-27-17-25-53(43-55)69(5,6)7)57-35-33-49-39-63-64-40-50-34-36-58(38-52(50)42-66(64)73-65(63)41-51(49)37-57)72(56-28-18-26-54(44-56)70(8,9)10)68-60(46(3)4)30-20-32-62(68)48-23-15-12-16-24-48/h11-46H,1-10H3. The van der Waals surface area contributed by atoms with Gasteiger partial charge in [-0.15, -0.1) is 0 Å². The van der Waals surface area contributed by atoms with Crippen LogP contribution in [0.15, 0.2) is 211 Å². The number of furan rings is 1. The van der Waals surface area contributed by atoms with Crippen LogP contribution in [0.5, 0.6) is 0 Å². The number of hydrogen-bond donors (Lipinski definition) is 0. The maximum Gasteiger partial charge on any atom is 0.136 e. The lowest BCUT2D eigenvalue weighted by molar-refractivity contribution is 0.590. The van der Waals surface area contributed by atoms with Crippen molar-refractivity contribution in [3.63, 3.8) is 0 Å². The fourth-order valence-electron chi connectivity index (χ4n) is 10.8. The van der Waals surface area contributed by atoms with Crippen molar-refractivity contribution < 1.29 is 4.42 Å². The Hall–Kier alpha value is -7.88. The molecule has 10 aromatic carbocycles. The minimum atomic E-state index is -0.0212. The molecule has 3 heteroatoms. The lowest BCUT2D eigenvalue weighted by atomic mass is 9.86. The molecule has 0 aliphatic heterocycles. The fourth-order valence-corrected chi connectivity index (χ4v) is 10.8. The van der Waals surface area contributed by atoms with E-state index in [1.54, 1.807) is 0 Å². The third-order valence-electron chi connectivity index (χ3n) is 14.8. The number of benzene rings is 10. The van der Waals surface area contributed by atoms with Gasteiger partial charge in [-0.2, -0.15) is 0 Å². The summed E-state index contributed by atoms with van der Waals surface area (Å²) in [4.78, 5) is 4.98. The Labute approximate surface area is 432 Å². The van der Waals surface area contributed by atoms with Crippen LogP contribution >= 0.6 is 0 Å². The lowest BCUT2D eigenvalue weighted by Gasteiger charge is -2.32. The van der Waals surface area contributed by atoms with Crippen molar-refractivity contribution in [1.82, 2.24) is 0 Å².